The summed E-state index contributed by atoms with van der Waals surface area (Å²) in [5.41, 5.74) is 2.74. The average Bonchev–Trinajstić information content (AvgIpc) is 2.62. The van der Waals surface area contributed by atoms with Gasteiger partial charge in [-0.3, -0.25) is 0 Å². The predicted octanol–water partition coefficient (Wildman–Crippen LogP) is 3.63. The van der Waals surface area contributed by atoms with Gasteiger partial charge in [0, 0.05) is 54.1 Å². The maximum atomic E-state index is 9.77. The van der Waals surface area contributed by atoms with Gasteiger partial charge in [0.1, 0.15) is 11.5 Å². The Morgan fingerprint density at radius 1 is 0.778 bits per heavy atom. The number of benzene rings is 2. The number of phenolic OH excluding ortho intramolecular Hbond substituents is 2. The SMILES string of the molecule is CN(CCC(=N)Cc1ccccc1O)CCC(=N)Cc1ccccc1O.[Co]. The molecule has 6 heteroatoms. The number of hydrogen-bond donors (Lipinski definition) is 4. The van der Waals surface area contributed by atoms with Crippen molar-refractivity contribution in [3.63, 3.8) is 0 Å². The average molecular weight is 412 g/mol. The second-order valence-electron chi connectivity index (χ2n) is 6.62. The molecular formula is C21H27CoN3O2. The fourth-order valence-electron chi connectivity index (χ4n) is 2.72. The molecule has 27 heavy (non-hydrogen) atoms. The summed E-state index contributed by atoms with van der Waals surface area (Å²) in [6.07, 6.45) is 2.20. The Kier molecular flexibility index (Phi) is 9.78. The summed E-state index contributed by atoms with van der Waals surface area (Å²) in [6.45, 7) is 1.49. The summed E-state index contributed by atoms with van der Waals surface area (Å²) >= 11 is 0. The van der Waals surface area contributed by atoms with Crippen LogP contribution in [0, 0.1) is 10.8 Å². The van der Waals surface area contributed by atoms with Gasteiger partial charge in [-0.2, -0.15) is 0 Å². The number of rotatable bonds is 10. The molecule has 0 unspecified atom stereocenters. The second-order valence-corrected chi connectivity index (χ2v) is 6.62. The van der Waals surface area contributed by atoms with E-state index in [4.69, 9.17) is 10.8 Å². The largest absolute Gasteiger partial charge is 0.508 e. The number of aromatic hydroxyl groups is 2. The Morgan fingerprint density at radius 2 is 1.15 bits per heavy atom. The van der Waals surface area contributed by atoms with Gasteiger partial charge in [-0.15, -0.1) is 0 Å². The molecule has 0 saturated heterocycles. The van der Waals surface area contributed by atoms with Crippen LogP contribution in [0.3, 0.4) is 0 Å². The number of hydrogen-bond acceptors (Lipinski definition) is 5. The molecule has 0 bridgehead atoms. The quantitative estimate of drug-likeness (QED) is 0.449. The fourth-order valence-corrected chi connectivity index (χ4v) is 2.72. The van der Waals surface area contributed by atoms with Crippen molar-refractivity contribution < 1.29 is 27.0 Å². The van der Waals surface area contributed by atoms with Gasteiger partial charge in [-0.25, -0.2) is 0 Å². The molecule has 0 amide bonds. The third-order valence-electron chi connectivity index (χ3n) is 4.38. The Labute approximate surface area is 171 Å². The molecule has 4 N–H and O–H groups in total. The van der Waals surface area contributed by atoms with E-state index in [0.717, 1.165) is 24.2 Å². The zero-order valence-electron chi connectivity index (χ0n) is 15.5. The van der Waals surface area contributed by atoms with Crippen molar-refractivity contribution in [1.82, 2.24) is 4.90 Å². The molecule has 0 aromatic heterocycles. The molecule has 2 rings (SSSR count). The van der Waals surface area contributed by atoms with E-state index in [-0.39, 0.29) is 28.3 Å². The number of phenols is 2. The minimum absolute atomic E-state index is 0. The second kappa shape index (κ2) is 11.5. The smallest absolute Gasteiger partial charge is 0.119 e. The molecule has 147 valence electrons. The van der Waals surface area contributed by atoms with Gasteiger partial charge in [0.25, 0.3) is 0 Å². The minimum atomic E-state index is 0. The molecule has 1 radical (unpaired) electrons. The maximum absolute atomic E-state index is 9.77. The van der Waals surface area contributed by atoms with Crippen LogP contribution in [0.15, 0.2) is 48.5 Å². The van der Waals surface area contributed by atoms with Crippen molar-refractivity contribution in [3.05, 3.63) is 59.7 Å². The third-order valence-corrected chi connectivity index (χ3v) is 4.38. The first-order valence-electron chi connectivity index (χ1n) is 8.80. The predicted molar refractivity (Wildman–Crippen MR) is 106 cm³/mol. The van der Waals surface area contributed by atoms with Crippen molar-refractivity contribution in [1.29, 1.82) is 10.8 Å². The molecule has 0 spiro atoms. The van der Waals surface area contributed by atoms with Crippen LogP contribution < -0.4 is 0 Å². The van der Waals surface area contributed by atoms with Crippen LogP contribution in [0.2, 0.25) is 0 Å². The van der Waals surface area contributed by atoms with E-state index in [9.17, 15) is 10.2 Å². The van der Waals surface area contributed by atoms with Gasteiger partial charge in [-0.05, 0) is 43.1 Å². The standard InChI is InChI=1S/C21H27N3O2.Co/c1-24(12-10-18(22)14-16-6-2-4-8-20(16)25)13-11-19(23)15-17-7-3-5-9-21(17)26;/h2-9,22-23,25-26H,10-15H2,1H3;. The van der Waals surface area contributed by atoms with Crippen molar-refractivity contribution in [2.75, 3.05) is 20.1 Å². The molecule has 2 aromatic carbocycles. The Hall–Kier alpha value is -2.15. The maximum Gasteiger partial charge on any atom is 0.119 e. The van der Waals surface area contributed by atoms with Crippen LogP contribution in [0.1, 0.15) is 24.0 Å². The molecule has 0 aliphatic rings. The van der Waals surface area contributed by atoms with Crippen LogP contribution in [0.5, 0.6) is 11.5 Å². The van der Waals surface area contributed by atoms with Gasteiger partial charge >= 0.3 is 0 Å². The van der Waals surface area contributed by atoms with Gasteiger partial charge in [0.15, 0.2) is 0 Å². The van der Waals surface area contributed by atoms with Gasteiger partial charge in [-0.1, -0.05) is 36.4 Å². The van der Waals surface area contributed by atoms with Crippen molar-refractivity contribution in [3.8, 4) is 11.5 Å². The van der Waals surface area contributed by atoms with Gasteiger partial charge < -0.3 is 25.9 Å². The first-order valence-corrected chi connectivity index (χ1v) is 8.80. The topological polar surface area (TPSA) is 91.4 Å². The number of nitrogens with zero attached hydrogens (tertiary/aromatic N) is 1. The van der Waals surface area contributed by atoms with E-state index >= 15 is 0 Å². The summed E-state index contributed by atoms with van der Waals surface area (Å²) in [5, 5.41) is 35.7. The van der Waals surface area contributed by atoms with Crippen molar-refractivity contribution in [2.24, 2.45) is 0 Å². The van der Waals surface area contributed by atoms with Crippen LogP contribution >= 0.6 is 0 Å². The molecule has 5 nitrogen and oxygen atoms in total. The summed E-state index contributed by atoms with van der Waals surface area (Å²) in [5.74, 6) is 0.478. The molecule has 0 aliphatic carbocycles. The summed E-state index contributed by atoms with van der Waals surface area (Å²) < 4.78 is 0. The van der Waals surface area contributed by atoms with Crippen LogP contribution in [0.25, 0.3) is 0 Å². The van der Waals surface area contributed by atoms with Gasteiger partial charge in [0.05, 0.1) is 0 Å². The molecule has 0 aliphatic heterocycles. The molecule has 0 fully saturated rings. The third kappa shape index (κ3) is 7.95. The van der Waals surface area contributed by atoms with Crippen LogP contribution in [-0.2, 0) is 29.6 Å². The Balaban J connectivity index is 0.00000364. The number of nitrogens with one attached hydrogen (secondary N) is 2. The Bertz CT molecular complexity index is 701. The zero-order chi connectivity index (χ0) is 18.9. The van der Waals surface area contributed by atoms with E-state index < -0.39 is 0 Å². The molecule has 0 heterocycles. The number of para-hydroxylation sites is 2. The molecular weight excluding hydrogens is 385 g/mol. The van der Waals surface area contributed by atoms with Crippen molar-refractivity contribution in [2.45, 2.75) is 25.7 Å². The Morgan fingerprint density at radius 3 is 1.52 bits per heavy atom. The first kappa shape index (κ1) is 22.9. The normalized spacial score (nSPS) is 10.4. The monoisotopic (exact) mass is 412 g/mol. The summed E-state index contributed by atoms with van der Waals surface area (Å²) in [7, 11) is 1.99. The minimum Gasteiger partial charge on any atom is -0.508 e. The van der Waals surface area contributed by atoms with Crippen molar-refractivity contribution >= 4 is 11.4 Å². The fraction of sp³-hybridized carbons (Fsp3) is 0.333. The van der Waals surface area contributed by atoms with Crippen LogP contribution in [0.4, 0.5) is 0 Å². The van der Waals surface area contributed by atoms with E-state index in [0.29, 0.717) is 37.1 Å². The van der Waals surface area contributed by atoms with E-state index in [1.54, 1.807) is 24.3 Å². The van der Waals surface area contributed by atoms with Gasteiger partial charge in [0.2, 0.25) is 0 Å². The summed E-state index contributed by atoms with van der Waals surface area (Å²) in [4.78, 5) is 2.11. The van der Waals surface area contributed by atoms with E-state index in [1.807, 2.05) is 31.3 Å². The zero-order valence-corrected chi connectivity index (χ0v) is 16.6. The first-order chi connectivity index (χ1) is 12.5. The summed E-state index contributed by atoms with van der Waals surface area (Å²) in [6, 6.07) is 14.3. The van der Waals surface area contributed by atoms with E-state index in [1.165, 1.54) is 0 Å². The molecule has 2 aromatic rings. The van der Waals surface area contributed by atoms with Crippen LogP contribution in [-0.4, -0.2) is 46.7 Å². The van der Waals surface area contributed by atoms with E-state index in [2.05, 4.69) is 4.90 Å². The molecule has 0 atom stereocenters. The molecule has 0 saturated carbocycles.